The summed E-state index contributed by atoms with van der Waals surface area (Å²) in [6.45, 7) is 16.1. The van der Waals surface area contributed by atoms with Crippen LogP contribution in [0.25, 0.3) is 0 Å². The summed E-state index contributed by atoms with van der Waals surface area (Å²) in [5.74, 6) is 2.77. The number of nitrogens with one attached hydrogen (secondary N) is 1. The van der Waals surface area contributed by atoms with E-state index in [2.05, 4.69) is 52.9 Å². The first-order chi connectivity index (χ1) is 17.3. The Bertz CT molecular complexity index is 963. The van der Waals surface area contributed by atoms with Gasteiger partial charge in [-0.25, -0.2) is 0 Å². The maximum absolute atomic E-state index is 13.4. The molecule has 4 heteroatoms. The largest absolute Gasteiger partial charge is 0.393 e. The lowest BCUT2D eigenvalue weighted by Gasteiger charge is -2.67. The predicted octanol–water partition coefficient (Wildman–Crippen LogP) is 6.66. The Morgan fingerprint density at radius 2 is 1.70 bits per heavy atom. The average molecular weight is 512 g/mol. The van der Waals surface area contributed by atoms with Gasteiger partial charge in [-0.3, -0.25) is 4.79 Å². The van der Waals surface area contributed by atoms with Crippen LogP contribution in [0.1, 0.15) is 112 Å². The Kier molecular flexibility index (Phi) is 6.10. The van der Waals surface area contributed by atoms with Gasteiger partial charge in [0.25, 0.3) is 0 Å². The third-order valence-corrected chi connectivity index (χ3v) is 13.5. The Hall–Kier alpha value is -0.870. The molecule has 9 unspecified atom stereocenters. The van der Waals surface area contributed by atoms with Crippen molar-refractivity contribution in [2.24, 2.45) is 51.2 Å². The second-order valence-electron chi connectivity index (χ2n) is 16.2. The fraction of sp³-hybridized carbons (Fsp3) is 0.909. The maximum Gasteiger partial charge on any atom is 0.225 e. The van der Waals surface area contributed by atoms with Gasteiger partial charge in [0.15, 0.2) is 0 Å². The first-order valence-electron chi connectivity index (χ1n) is 15.6. The van der Waals surface area contributed by atoms with Gasteiger partial charge in [-0.2, -0.15) is 0 Å². The zero-order valence-corrected chi connectivity index (χ0v) is 24.5. The highest BCUT2D eigenvalue weighted by Gasteiger charge is 2.64. The van der Waals surface area contributed by atoms with Crippen molar-refractivity contribution in [3.63, 3.8) is 0 Å². The average Bonchev–Trinajstić information content (AvgIpc) is 3.38. The van der Waals surface area contributed by atoms with Crippen LogP contribution in [-0.4, -0.2) is 35.9 Å². The zero-order valence-electron chi connectivity index (χ0n) is 24.5. The summed E-state index contributed by atoms with van der Waals surface area (Å²) in [6.07, 6.45) is 15.1. The molecule has 0 bridgehead atoms. The molecular weight excluding hydrogens is 458 g/mol. The van der Waals surface area contributed by atoms with Crippen molar-refractivity contribution in [3.8, 4) is 0 Å². The molecule has 1 heterocycles. The molecule has 0 aromatic rings. The van der Waals surface area contributed by atoms with Crippen LogP contribution in [0, 0.1) is 51.2 Å². The number of aliphatic hydroxyl groups is 1. The minimum Gasteiger partial charge on any atom is -0.393 e. The van der Waals surface area contributed by atoms with Crippen molar-refractivity contribution in [2.75, 3.05) is 13.2 Å². The van der Waals surface area contributed by atoms with Gasteiger partial charge in [-0.1, -0.05) is 53.2 Å². The van der Waals surface area contributed by atoms with Crippen molar-refractivity contribution < 1.29 is 14.6 Å². The summed E-state index contributed by atoms with van der Waals surface area (Å²) in [6, 6.07) is 0. The van der Waals surface area contributed by atoms with Crippen LogP contribution in [0.5, 0.6) is 0 Å². The molecule has 37 heavy (non-hydrogen) atoms. The van der Waals surface area contributed by atoms with E-state index in [4.69, 9.17) is 4.74 Å². The fourth-order valence-electron chi connectivity index (χ4n) is 11.1. The van der Waals surface area contributed by atoms with Crippen molar-refractivity contribution in [3.05, 3.63) is 11.6 Å². The van der Waals surface area contributed by atoms with Crippen LogP contribution in [0.4, 0.5) is 0 Å². The number of amides is 1. The zero-order chi connectivity index (χ0) is 26.4. The van der Waals surface area contributed by atoms with Crippen LogP contribution in [0.2, 0.25) is 0 Å². The number of hydrogen-bond acceptors (Lipinski definition) is 3. The van der Waals surface area contributed by atoms with Crippen molar-refractivity contribution >= 4 is 5.91 Å². The first-order valence-corrected chi connectivity index (χ1v) is 15.6. The summed E-state index contributed by atoms with van der Waals surface area (Å²) in [5.41, 5.74) is 2.50. The Morgan fingerprint density at radius 3 is 2.43 bits per heavy atom. The number of carbonyl (C=O) groups excluding carboxylic acids is 1. The van der Waals surface area contributed by atoms with E-state index in [0.29, 0.717) is 35.2 Å². The lowest BCUT2D eigenvalue weighted by molar-refractivity contribution is -0.169. The van der Waals surface area contributed by atoms with Gasteiger partial charge in [0.2, 0.25) is 5.91 Å². The normalized spacial score (nSPS) is 50.1. The van der Waals surface area contributed by atoms with E-state index in [9.17, 15) is 9.90 Å². The fourth-order valence-corrected chi connectivity index (χ4v) is 11.1. The van der Waals surface area contributed by atoms with Crippen LogP contribution in [-0.2, 0) is 9.53 Å². The highest BCUT2D eigenvalue weighted by Crippen LogP contribution is 2.70. The summed E-state index contributed by atoms with van der Waals surface area (Å²) < 4.78 is 5.58. The molecule has 0 aromatic heterocycles. The van der Waals surface area contributed by atoms with Crippen LogP contribution >= 0.6 is 0 Å². The van der Waals surface area contributed by atoms with E-state index in [-0.39, 0.29) is 34.3 Å². The van der Waals surface area contributed by atoms with E-state index in [1.54, 1.807) is 5.57 Å². The van der Waals surface area contributed by atoms with Gasteiger partial charge in [0.05, 0.1) is 18.6 Å². The van der Waals surface area contributed by atoms with Gasteiger partial charge in [-0.15, -0.1) is 0 Å². The van der Waals surface area contributed by atoms with Crippen LogP contribution in [0.3, 0.4) is 0 Å². The molecule has 4 saturated carbocycles. The number of carbonyl (C=O) groups is 1. The molecule has 0 spiro atoms. The number of fused-ring (bicyclic) bond motifs is 7. The van der Waals surface area contributed by atoms with Gasteiger partial charge in [0, 0.05) is 18.1 Å². The molecular formula is C33H53NO3. The maximum atomic E-state index is 13.4. The molecule has 0 aromatic carbocycles. The molecule has 2 N–H and O–H groups in total. The minimum absolute atomic E-state index is 0.00616. The SMILES string of the molecule is CC1(C)CCC2(NC(=O)C3CCOC3)CCC3(C)C(=CCC4C3CCC3C(C)(C)C(O)CCC43C)C2C1. The van der Waals surface area contributed by atoms with E-state index in [1.807, 2.05) is 0 Å². The highest BCUT2D eigenvalue weighted by atomic mass is 16.5. The first kappa shape index (κ1) is 26.4. The second-order valence-corrected chi connectivity index (χ2v) is 16.2. The smallest absolute Gasteiger partial charge is 0.225 e. The Morgan fingerprint density at radius 1 is 0.946 bits per heavy atom. The summed E-state index contributed by atoms with van der Waals surface area (Å²) in [4.78, 5) is 13.4. The van der Waals surface area contributed by atoms with Gasteiger partial charge in [-0.05, 0) is 110 Å². The van der Waals surface area contributed by atoms with Gasteiger partial charge in [0.1, 0.15) is 0 Å². The lowest BCUT2D eigenvalue weighted by Crippen LogP contribution is -2.65. The topological polar surface area (TPSA) is 58.6 Å². The summed E-state index contributed by atoms with van der Waals surface area (Å²) in [7, 11) is 0. The quantitative estimate of drug-likeness (QED) is 0.407. The molecule has 5 aliphatic carbocycles. The molecule has 9 atom stereocenters. The second kappa shape index (κ2) is 8.56. The third kappa shape index (κ3) is 3.85. The lowest BCUT2D eigenvalue weighted by atomic mass is 9.38. The number of hydrogen-bond donors (Lipinski definition) is 2. The summed E-state index contributed by atoms with van der Waals surface area (Å²) in [5, 5.41) is 14.6. The molecule has 1 aliphatic heterocycles. The van der Waals surface area contributed by atoms with Crippen LogP contribution in [0.15, 0.2) is 11.6 Å². The van der Waals surface area contributed by atoms with Crippen molar-refractivity contribution in [2.45, 2.75) is 124 Å². The molecule has 4 nitrogen and oxygen atoms in total. The summed E-state index contributed by atoms with van der Waals surface area (Å²) >= 11 is 0. The highest BCUT2D eigenvalue weighted by molar-refractivity contribution is 5.80. The number of aliphatic hydroxyl groups excluding tert-OH is 1. The molecule has 1 amide bonds. The van der Waals surface area contributed by atoms with Crippen molar-refractivity contribution in [1.82, 2.24) is 5.32 Å². The molecule has 0 radical (unpaired) electrons. The Balaban J connectivity index is 1.34. The van der Waals surface area contributed by atoms with Crippen LogP contribution < -0.4 is 5.32 Å². The minimum atomic E-state index is -0.166. The van der Waals surface area contributed by atoms with Gasteiger partial charge < -0.3 is 15.2 Å². The third-order valence-electron chi connectivity index (χ3n) is 13.5. The molecule has 5 fully saturated rings. The van der Waals surface area contributed by atoms with E-state index in [1.165, 1.54) is 44.9 Å². The number of rotatable bonds is 2. The predicted molar refractivity (Wildman–Crippen MR) is 148 cm³/mol. The number of allylic oxidation sites excluding steroid dienone is 1. The monoisotopic (exact) mass is 511 g/mol. The van der Waals surface area contributed by atoms with Crippen molar-refractivity contribution in [1.29, 1.82) is 0 Å². The van der Waals surface area contributed by atoms with E-state index >= 15 is 0 Å². The van der Waals surface area contributed by atoms with E-state index < -0.39 is 0 Å². The Labute approximate surface area is 225 Å². The molecule has 6 aliphatic rings. The molecule has 1 saturated heterocycles. The standard InChI is InChI=1S/C33H53NO3/c1-29(2)14-16-33(34-28(36)21-12-18-37-20-21)17-15-31(5)22-9-10-26-30(3,4)27(35)11-13-32(26,6)23(22)7-8-24(31)25(33)19-29/h8,21-23,25-27,35H,7,9-20H2,1-6H3,(H,34,36). The molecule has 6 rings (SSSR count). The van der Waals surface area contributed by atoms with Gasteiger partial charge >= 0.3 is 0 Å². The number of ether oxygens (including phenoxy) is 1. The van der Waals surface area contributed by atoms with E-state index in [0.717, 1.165) is 38.2 Å². The molecule has 208 valence electrons.